The Morgan fingerprint density at radius 3 is 2.45 bits per heavy atom. The molecule has 112 valence electrons. The average molecular weight is 276 g/mol. The van der Waals surface area contributed by atoms with Gasteiger partial charge in [0.05, 0.1) is 18.1 Å². The third-order valence-corrected chi connectivity index (χ3v) is 3.62. The topological polar surface area (TPSA) is 41.1 Å². The standard InChI is InChI=1S/C16H28N4/c1-12(2)7-17-8-15-9-19-16(10-18-15)20(13(3)4)11-14-5-6-14/h9-10,12-14,17H,5-8,11H2,1-4H3. The second-order valence-electron chi connectivity index (χ2n) is 6.58. The zero-order valence-corrected chi connectivity index (χ0v) is 13.3. The fourth-order valence-corrected chi connectivity index (χ4v) is 2.22. The predicted octanol–water partition coefficient (Wildman–Crippen LogP) is 2.85. The van der Waals surface area contributed by atoms with Gasteiger partial charge in [-0.05, 0) is 45.1 Å². The van der Waals surface area contributed by atoms with E-state index in [1.54, 1.807) is 0 Å². The lowest BCUT2D eigenvalue weighted by atomic mass is 10.2. The van der Waals surface area contributed by atoms with Gasteiger partial charge in [0.15, 0.2) is 0 Å². The van der Waals surface area contributed by atoms with Crippen LogP contribution in [0.5, 0.6) is 0 Å². The SMILES string of the molecule is CC(C)CNCc1cnc(N(CC2CC2)C(C)C)cn1. The van der Waals surface area contributed by atoms with Crippen molar-refractivity contribution < 1.29 is 0 Å². The molecule has 20 heavy (non-hydrogen) atoms. The maximum atomic E-state index is 4.60. The minimum atomic E-state index is 0.481. The van der Waals surface area contributed by atoms with Gasteiger partial charge in [-0.1, -0.05) is 13.8 Å². The third-order valence-electron chi connectivity index (χ3n) is 3.62. The lowest BCUT2D eigenvalue weighted by Gasteiger charge is -2.27. The van der Waals surface area contributed by atoms with E-state index in [4.69, 9.17) is 0 Å². The smallest absolute Gasteiger partial charge is 0.147 e. The lowest BCUT2D eigenvalue weighted by molar-refractivity contribution is 0.547. The maximum Gasteiger partial charge on any atom is 0.147 e. The number of aromatic nitrogens is 2. The summed E-state index contributed by atoms with van der Waals surface area (Å²) < 4.78 is 0. The maximum absolute atomic E-state index is 4.60. The highest BCUT2D eigenvalue weighted by molar-refractivity contribution is 5.37. The lowest BCUT2D eigenvalue weighted by Crippen LogP contribution is -2.33. The molecule has 1 aliphatic carbocycles. The van der Waals surface area contributed by atoms with Crippen LogP contribution >= 0.6 is 0 Å². The van der Waals surface area contributed by atoms with Gasteiger partial charge in [-0.3, -0.25) is 4.98 Å². The van der Waals surface area contributed by atoms with Crippen molar-refractivity contribution >= 4 is 5.82 Å². The van der Waals surface area contributed by atoms with E-state index in [-0.39, 0.29) is 0 Å². The molecule has 0 aliphatic heterocycles. The van der Waals surface area contributed by atoms with E-state index in [1.807, 2.05) is 12.4 Å². The van der Waals surface area contributed by atoms with Gasteiger partial charge in [-0.15, -0.1) is 0 Å². The first-order valence-corrected chi connectivity index (χ1v) is 7.84. The molecule has 4 nitrogen and oxygen atoms in total. The molecule has 1 aromatic rings. The van der Waals surface area contributed by atoms with Crippen LogP contribution in [0.1, 0.15) is 46.2 Å². The van der Waals surface area contributed by atoms with Gasteiger partial charge in [-0.25, -0.2) is 4.98 Å². The Morgan fingerprint density at radius 2 is 1.95 bits per heavy atom. The van der Waals surface area contributed by atoms with Gasteiger partial charge in [-0.2, -0.15) is 0 Å². The molecule has 0 bridgehead atoms. The van der Waals surface area contributed by atoms with Crippen molar-refractivity contribution in [3.63, 3.8) is 0 Å². The molecule has 0 saturated heterocycles. The number of hydrogen-bond donors (Lipinski definition) is 1. The van der Waals surface area contributed by atoms with Crippen molar-refractivity contribution in [3.8, 4) is 0 Å². The van der Waals surface area contributed by atoms with Crippen molar-refractivity contribution in [1.29, 1.82) is 0 Å². The van der Waals surface area contributed by atoms with E-state index in [1.165, 1.54) is 12.8 Å². The number of rotatable bonds is 8. The van der Waals surface area contributed by atoms with Crippen LogP contribution in [-0.2, 0) is 6.54 Å². The molecule has 0 unspecified atom stereocenters. The highest BCUT2D eigenvalue weighted by atomic mass is 15.2. The van der Waals surface area contributed by atoms with Gasteiger partial charge in [0, 0.05) is 19.1 Å². The van der Waals surface area contributed by atoms with Crippen LogP contribution in [0, 0.1) is 11.8 Å². The summed E-state index contributed by atoms with van der Waals surface area (Å²) in [5.41, 5.74) is 1.02. The molecule has 1 heterocycles. The summed E-state index contributed by atoms with van der Waals surface area (Å²) in [6.45, 7) is 11.8. The second-order valence-corrected chi connectivity index (χ2v) is 6.58. The molecule has 0 aromatic carbocycles. The Balaban J connectivity index is 1.91. The summed E-state index contributed by atoms with van der Waals surface area (Å²) in [5, 5.41) is 3.40. The molecule has 1 saturated carbocycles. The van der Waals surface area contributed by atoms with Crippen molar-refractivity contribution in [2.24, 2.45) is 11.8 Å². The monoisotopic (exact) mass is 276 g/mol. The van der Waals surface area contributed by atoms with Gasteiger partial charge >= 0.3 is 0 Å². The Bertz CT molecular complexity index is 395. The second kappa shape index (κ2) is 7.02. The van der Waals surface area contributed by atoms with Crippen LogP contribution in [0.25, 0.3) is 0 Å². The molecule has 1 aromatic heterocycles. The zero-order valence-electron chi connectivity index (χ0n) is 13.3. The molecule has 1 aliphatic rings. The Kier molecular flexibility index (Phi) is 5.35. The number of hydrogen-bond acceptors (Lipinski definition) is 4. The van der Waals surface area contributed by atoms with E-state index >= 15 is 0 Å². The van der Waals surface area contributed by atoms with Crippen molar-refractivity contribution in [3.05, 3.63) is 18.1 Å². The summed E-state index contributed by atoms with van der Waals surface area (Å²) in [6, 6.07) is 0.481. The summed E-state index contributed by atoms with van der Waals surface area (Å²) >= 11 is 0. The van der Waals surface area contributed by atoms with Crippen LogP contribution in [-0.4, -0.2) is 29.1 Å². The first-order valence-electron chi connectivity index (χ1n) is 7.84. The highest BCUT2D eigenvalue weighted by Gasteiger charge is 2.26. The quantitative estimate of drug-likeness (QED) is 0.792. The zero-order chi connectivity index (χ0) is 14.5. The van der Waals surface area contributed by atoms with Gasteiger partial charge < -0.3 is 10.2 Å². The Labute approximate surface area is 123 Å². The Morgan fingerprint density at radius 1 is 1.20 bits per heavy atom. The van der Waals surface area contributed by atoms with Crippen LogP contribution in [0.3, 0.4) is 0 Å². The largest absolute Gasteiger partial charge is 0.353 e. The van der Waals surface area contributed by atoms with E-state index in [9.17, 15) is 0 Å². The van der Waals surface area contributed by atoms with E-state index in [0.29, 0.717) is 12.0 Å². The highest BCUT2D eigenvalue weighted by Crippen LogP contribution is 2.31. The first-order chi connectivity index (χ1) is 9.56. The summed E-state index contributed by atoms with van der Waals surface area (Å²) in [7, 11) is 0. The predicted molar refractivity (Wildman–Crippen MR) is 83.8 cm³/mol. The van der Waals surface area contributed by atoms with Crippen LogP contribution in [0.4, 0.5) is 5.82 Å². The normalized spacial score (nSPS) is 15.1. The molecule has 0 spiro atoms. The van der Waals surface area contributed by atoms with Crippen molar-refractivity contribution in [2.45, 2.75) is 53.1 Å². The van der Waals surface area contributed by atoms with Crippen molar-refractivity contribution in [2.75, 3.05) is 18.0 Å². The van der Waals surface area contributed by atoms with Crippen LogP contribution in [0.15, 0.2) is 12.4 Å². The van der Waals surface area contributed by atoms with E-state index in [2.05, 4.69) is 47.9 Å². The van der Waals surface area contributed by atoms with Gasteiger partial charge in [0.2, 0.25) is 0 Å². The van der Waals surface area contributed by atoms with Crippen LogP contribution in [0.2, 0.25) is 0 Å². The fourth-order valence-electron chi connectivity index (χ4n) is 2.22. The van der Waals surface area contributed by atoms with E-state index in [0.717, 1.165) is 37.1 Å². The fraction of sp³-hybridized carbons (Fsp3) is 0.750. The minimum Gasteiger partial charge on any atom is -0.353 e. The molecular weight excluding hydrogens is 248 g/mol. The van der Waals surface area contributed by atoms with Crippen molar-refractivity contribution in [1.82, 2.24) is 15.3 Å². The van der Waals surface area contributed by atoms with Gasteiger partial charge in [0.25, 0.3) is 0 Å². The number of nitrogens with zero attached hydrogens (tertiary/aromatic N) is 3. The molecular formula is C16H28N4. The number of nitrogens with one attached hydrogen (secondary N) is 1. The summed E-state index contributed by atoms with van der Waals surface area (Å²) in [5.74, 6) is 2.54. The molecule has 4 heteroatoms. The molecule has 0 amide bonds. The molecule has 2 rings (SSSR count). The number of anilines is 1. The Hall–Kier alpha value is -1.16. The molecule has 1 fully saturated rings. The average Bonchev–Trinajstić information content (AvgIpc) is 3.20. The summed E-state index contributed by atoms with van der Waals surface area (Å²) in [6.07, 6.45) is 6.57. The molecule has 0 radical (unpaired) electrons. The molecule has 1 N–H and O–H groups in total. The van der Waals surface area contributed by atoms with E-state index < -0.39 is 0 Å². The van der Waals surface area contributed by atoms with Crippen LogP contribution < -0.4 is 10.2 Å². The minimum absolute atomic E-state index is 0.481. The summed E-state index contributed by atoms with van der Waals surface area (Å²) in [4.78, 5) is 11.5. The van der Waals surface area contributed by atoms with Gasteiger partial charge in [0.1, 0.15) is 5.82 Å². The molecule has 0 atom stereocenters. The third kappa shape index (κ3) is 4.75. The first kappa shape index (κ1) is 15.2.